The molecule has 0 spiro atoms. The van der Waals surface area contributed by atoms with E-state index in [4.69, 9.17) is 16.3 Å². The summed E-state index contributed by atoms with van der Waals surface area (Å²) < 4.78 is 6.32. The summed E-state index contributed by atoms with van der Waals surface area (Å²) in [5.74, 6) is 0.347. The van der Waals surface area contributed by atoms with Crippen molar-refractivity contribution < 1.29 is 9.53 Å². The Morgan fingerprint density at radius 2 is 1.89 bits per heavy atom. The maximum absolute atomic E-state index is 12.6. The zero-order chi connectivity index (χ0) is 20.1. The smallest absolute Gasteiger partial charge is 0.267 e. The molecule has 144 valence electrons. The molecule has 0 saturated carbocycles. The zero-order valence-electron chi connectivity index (χ0n) is 15.6. The van der Waals surface area contributed by atoms with Crippen LogP contribution >= 0.6 is 11.6 Å². The molecule has 0 aliphatic heterocycles. The normalized spacial score (nSPS) is 10.5. The topological polar surface area (TPSA) is 64.4 Å². The van der Waals surface area contributed by atoms with Crippen molar-refractivity contribution in [3.8, 4) is 17.0 Å². The first-order valence-corrected chi connectivity index (χ1v) is 9.05. The van der Waals surface area contributed by atoms with Gasteiger partial charge in [0.2, 0.25) is 5.91 Å². The molecule has 2 aromatic carbocycles. The van der Waals surface area contributed by atoms with Gasteiger partial charge in [0, 0.05) is 25.2 Å². The summed E-state index contributed by atoms with van der Waals surface area (Å²) in [7, 11) is 3.22. The Hall–Kier alpha value is -3.12. The predicted molar refractivity (Wildman–Crippen MR) is 108 cm³/mol. The maximum Gasteiger partial charge on any atom is 0.267 e. The van der Waals surface area contributed by atoms with Gasteiger partial charge in [-0.2, -0.15) is 5.10 Å². The van der Waals surface area contributed by atoms with E-state index in [9.17, 15) is 9.59 Å². The van der Waals surface area contributed by atoms with Crippen LogP contribution in [-0.4, -0.2) is 34.7 Å². The second-order valence-corrected chi connectivity index (χ2v) is 6.71. The fraction of sp³-hybridized carbons (Fsp3) is 0.190. The Balaban J connectivity index is 1.73. The summed E-state index contributed by atoms with van der Waals surface area (Å²) in [6, 6.07) is 17.9. The number of ether oxygens (including phenoxy) is 1. The highest BCUT2D eigenvalue weighted by Gasteiger charge is 2.13. The minimum atomic E-state index is -0.325. The van der Waals surface area contributed by atoms with Crippen molar-refractivity contribution in [2.75, 3.05) is 14.2 Å². The lowest BCUT2D eigenvalue weighted by Gasteiger charge is -2.18. The number of carbonyl (C=O) groups excluding carboxylic acids is 1. The molecule has 3 rings (SSSR count). The van der Waals surface area contributed by atoms with Crippen molar-refractivity contribution in [1.82, 2.24) is 14.7 Å². The second-order valence-electron chi connectivity index (χ2n) is 6.30. The van der Waals surface area contributed by atoms with E-state index in [0.29, 0.717) is 23.0 Å². The molecule has 1 amide bonds. The molecule has 0 bridgehead atoms. The number of hydrogen-bond donors (Lipinski definition) is 0. The number of nitrogens with zero attached hydrogens (tertiary/aromatic N) is 3. The van der Waals surface area contributed by atoms with Crippen LogP contribution in [0.5, 0.6) is 5.75 Å². The summed E-state index contributed by atoms with van der Waals surface area (Å²) in [5.41, 5.74) is 2.05. The highest BCUT2D eigenvalue weighted by molar-refractivity contribution is 6.32. The van der Waals surface area contributed by atoms with E-state index in [1.807, 2.05) is 36.4 Å². The van der Waals surface area contributed by atoms with Gasteiger partial charge in [0.15, 0.2) is 0 Å². The first-order chi connectivity index (χ1) is 13.5. The third-order valence-electron chi connectivity index (χ3n) is 4.28. The molecule has 1 heterocycles. The average molecular weight is 398 g/mol. The first-order valence-electron chi connectivity index (χ1n) is 8.68. The van der Waals surface area contributed by atoms with Gasteiger partial charge in [0.05, 0.1) is 17.8 Å². The van der Waals surface area contributed by atoms with E-state index in [1.54, 1.807) is 32.4 Å². The van der Waals surface area contributed by atoms with Crippen LogP contribution < -0.4 is 10.3 Å². The van der Waals surface area contributed by atoms with Gasteiger partial charge in [0.1, 0.15) is 12.3 Å². The number of amides is 1. The molecule has 6 nitrogen and oxygen atoms in total. The molecule has 1 aromatic heterocycles. The number of aromatic nitrogens is 2. The average Bonchev–Trinajstić information content (AvgIpc) is 2.70. The fourth-order valence-electron chi connectivity index (χ4n) is 2.74. The number of halogens is 1. The summed E-state index contributed by atoms with van der Waals surface area (Å²) in [5, 5.41) is 4.81. The van der Waals surface area contributed by atoms with Gasteiger partial charge in [-0.1, -0.05) is 48.0 Å². The number of carbonyl (C=O) groups is 1. The lowest BCUT2D eigenvalue weighted by molar-refractivity contribution is -0.131. The van der Waals surface area contributed by atoms with Crippen LogP contribution in [0.3, 0.4) is 0 Å². The van der Waals surface area contributed by atoms with Gasteiger partial charge in [-0.3, -0.25) is 9.59 Å². The molecule has 0 fully saturated rings. The van der Waals surface area contributed by atoms with E-state index in [1.165, 1.54) is 15.6 Å². The van der Waals surface area contributed by atoms with Crippen LogP contribution in [0.25, 0.3) is 11.3 Å². The highest BCUT2D eigenvalue weighted by Crippen LogP contribution is 2.25. The Kier molecular flexibility index (Phi) is 6.11. The van der Waals surface area contributed by atoms with E-state index >= 15 is 0 Å². The van der Waals surface area contributed by atoms with Crippen LogP contribution in [0.4, 0.5) is 0 Å². The lowest BCUT2D eigenvalue weighted by Crippen LogP contribution is -2.34. The number of methoxy groups -OCH3 is 1. The third-order valence-corrected chi connectivity index (χ3v) is 4.58. The molecule has 0 aliphatic rings. The van der Waals surface area contributed by atoms with Gasteiger partial charge >= 0.3 is 0 Å². The molecule has 0 N–H and O–H groups in total. The van der Waals surface area contributed by atoms with Crippen LogP contribution in [0.15, 0.2) is 65.5 Å². The third kappa shape index (κ3) is 4.58. The van der Waals surface area contributed by atoms with Gasteiger partial charge in [-0.15, -0.1) is 0 Å². The van der Waals surface area contributed by atoms with Gasteiger partial charge in [-0.05, 0) is 23.8 Å². The highest BCUT2D eigenvalue weighted by atomic mass is 35.5. The molecular formula is C21H20ClN3O3. The van der Waals surface area contributed by atoms with Crippen LogP contribution in [0.2, 0.25) is 5.02 Å². The second kappa shape index (κ2) is 8.71. The molecule has 7 heteroatoms. The fourth-order valence-corrected chi connectivity index (χ4v) is 3.02. The van der Waals surface area contributed by atoms with Crippen molar-refractivity contribution in [2.24, 2.45) is 0 Å². The van der Waals surface area contributed by atoms with E-state index in [-0.39, 0.29) is 18.0 Å². The van der Waals surface area contributed by atoms with E-state index in [0.717, 1.165) is 11.1 Å². The molecule has 0 unspecified atom stereocenters. The summed E-state index contributed by atoms with van der Waals surface area (Å²) in [6.07, 6.45) is 0. The van der Waals surface area contributed by atoms with Crippen molar-refractivity contribution in [3.63, 3.8) is 0 Å². The summed E-state index contributed by atoms with van der Waals surface area (Å²) >= 11 is 6.13. The quantitative estimate of drug-likeness (QED) is 0.640. The van der Waals surface area contributed by atoms with Crippen molar-refractivity contribution >= 4 is 17.5 Å². The minimum Gasteiger partial charge on any atom is -0.495 e. The predicted octanol–water partition coefficient (Wildman–Crippen LogP) is 3.23. The SMILES string of the molecule is COc1ccc(CN(C)C(=O)Cn2nc(-c3ccccc3)ccc2=O)cc1Cl. The molecule has 0 atom stereocenters. The first kappa shape index (κ1) is 19.6. The molecule has 0 aliphatic carbocycles. The Morgan fingerprint density at radius 3 is 2.57 bits per heavy atom. The Labute approximate surface area is 167 Å². The number of likely N-dealkylation sites (N-methyl/N-ethyl adjacent to an activating group) is 1. The summed E-state index contributed by atoms with van der Waals surface area (Å²) in [6.45, 7) is 0.218. The van der Waals surface area contributed by atoms with Crippen LogP contribution in [0, 0.1) is 0 Å². The van der Waals surface area contributed by atoms with Gasteiger partial charge in [0.25, 0.3) is 5.56 Å². The van der Waals surface area contributed by atoms with Gasteiger partial charge < -0.3 is 9.64 Å². The van der Waals surface area contributed by atoms with Crippen molar-refractivity contribution in [1.29, 1.82) is 0 Å². The van der Waals surface area contributed by atoms with Crippen LogP contribution in [0.1, 0.15) is 5.56 Å². The van der Waals surface area contributed by atoms with Crippen molar-refractivity contribution in [2.45, 2.75) is 13.1 Å². The van der Waals surface area contributed by atoms with Crippen LogP contribution in [-0.2, 0) is 17.9 Å². The number of rotatable bonds is 6. The number of benzene rings is 2. The Morgan fingerprint density at radius 1 is 1.14 bits per heavy atom. The minimum absolute atomic E-state index is 0.139. The maximum atomic E-state index is 12.6. The Bertz CT molecular complexity index is 1030. The number of hydrogen-bond acceptors (Lipinski definition) is 4. The van der Waals surface area contributed by atoms with Gasteiger partial charge in [-0.25, -0.2) is 4.68 Å². The monoisotopic (exact) mass is 397 g/mol. The molecule has 0 saturated heterocycles. The standard InChI is InChI=1S/C21H20ClN3O3/c1-24(13-15-8-10-19(28-2)17(22)12-15)21(27)14-25-20(26)11-9-18(23-25)16-6-4-3-5-7-16/h3-12H,13-14H2,1-2H3. The molecular weight excluding hydrogens is 378 g/mol. The van der Waals surface area contributed by atoms with E-state index < -0.39 is 0 Å². The molecule has 3 aromatic rings. The van der Waals surface area contributed by atoms with Crippen molar-refractivity contribution in [3.05, 3.63) is 81.6 Å². The zero-order valence-corrected chi connectivity index (χ0v) is 16.4. The lowest BCUT2D eigenvalue weighted by atomic mass is 10.1. The molecule has 28 heavy (non-hydrogen) atoms. The largest absolute Gasteiger partial charge is 0.495 e. The molecule has 0 radical (unpaired) electrons. The van der Waals surface area contributed by atoms with E-state index in [2.05, 4.69) is 5.10 Å². The summed E-state index contributed by atoms with van der Waals surface area (Å²) in [4.78, 5) is 26.3.